The van der Waals surface area contributed by atoms with Crippen LogP contribution in [0.3, 0.4) is 0 Å². The standard InChI is InChI=1S/C15H12BrFN2O/c16-10-4-5-14(18-8-10)19-15(20)13-7-12(13)9-2-1-3-11(17)6-9/h1-6,8,12-13H,7H2,(H,18,19,20)/t12-,13-/m1/s1. The van der Waals surface area contributed by atoms with Crippen LogP contribution in [0.15, 0.2) is 47.1 Å². The maximum atomic E-state index is 13.2. The van der Waals surface area contributed by atoms with Gasteiger partial charge in [-0.05, 0) is 58.1 Å². The average molecular weight is 335 g/mol. The van der Waals surface area contributed by atoms with Gasteiger partial charge in [-0.2, -0.15) is 0 Å². The topological polar surface area (TPSA) is 42.0 Å². The molecule has 0 unspecified atom stereocenters. The van der Waals surface area contributed by atoms with Gasteiger partial charge in [-0.3, -0.25) is 4.79 Å². The highest BCUT2D eigenvalue weighted by Gasteiger charge is 2.44. The lowest BCUT2D eigenvalue weighted by atomic mass is 10.1. The van der Waals surface area contributed by atoms with E-state index in [-0.39, 0.29) is 23.6 Å². The number of hydrogen-bond acceptors (Lipinski definition) is 2. The summed E-state index contributed by atoms with van der Waals surface area (Å²) >= 11 is 3.29. The summed E-state index contributed by atoms with van der Waals surface area (Å²) in [6.45, 7) is 0. The van der Waals surface area contributed by atoms with Crippen molar-refractivity contribution in [2.24, 2.45) is 5.92 Å². The van der Waals surface area contributed by atoms with Crippen LogP contribution in [0.5, 0.6) is 0 Å². The fraction of sp³-hybridized carbons (Fsp3) is 0.200. The third-order valence-corrected chi connectivity index (χ3v) is 3.85. The number of nitrogens with one attached hydrogen (secondary N) is 1. The van der Waals surface area contributed by atoms with Gasteiger partial charge >= 0.3 is 0 Å². The summed E-state index contributed by atoms with van der Waals surface area (Å²) in [6.07, 6.45) is 2.39. The van der Waals surface area contributed by atoms with Gasteiger partial charge in [0.15, 0.2) is 0 Å². The van der Waals surface area contributed by atoms with Crippen LogP contribution in [0.1, 0.15) is 17.9 Å². The Morgan fingerprint density at radius 3 is 2.90 bits per heavy atom. The van der Waals surface area contributed by atoms with E-state index in [0.29, 0.717) is 5.82 Å². The predicted octanol–water partition coefficient (Wildman–Crippen LogP) is 3.73. The van der Waals surface area contributed by atoms with E-state index in [1.54, 1.807) is 18.3 Å². The molecule has 1 fully saturated rings. The van der Waals surface area contributed by atoms with Crippen LogP contribution < -0.4 is 5.32 Å². The molecule has 1 aliphatic carbocycles. The number of rotatable bonds is 3. The van der Waals surface area contributed by atoms with E-state index < -0.39 is 0 Å². The predicted molar refractivity (Wildman–Crippen MR) is 77.8 cm³/mol. The van der Waals surface area contributed by atoms with Crippen LogP contribution in [0, 0.1) is 11.7 Å². The summed E-state index contributed by atoms with van der Waals surface area (Å²) in [6, 6.07) is 10.00. The monoisotopic (exact) mass is 334 g/mol. The molecule has 0 radical (unpaired) electrons. The first-order chi connectivity index (χ1) is 9.63. The van der Waals surface area contributed by atoms with Crippen molar-refractivity contribution in [3.05, 3.63) is 58.4 Å². The van der Waals surface area contributed by atoms with Crippen molar-refractivity contribution in [3.63, 3.8) is 0 Å². The summed E-state index contributed by atoms with van der Waals surface area (Å²) in [5.41, 5.74) is 0.883. The van der Waals surface area contributed by atoms with E-state index in [1.807, 2.05) is 12.1 Å². The quantitative estimate of drug-likeness (QED) is 0.929. The Labute approximate surface area is 124 Å². The largest absolute Gasteiger partial charge is 0.310 e. The number of nitrogens with zero attached hydrogens (tertiary/aromatic N) is 1. The van der Waals surface area contributed by atoms with Crippen LogP contribution in [0.25, 0.3) is 0 Å². The molecule has 20 heavy (non-hydrogen) atoms. The zero-order valence-corrected chi connectivity index (χ0v) is 12.1. The molecule has 0 aliphatic heterocycles. The summed E-state index contributed by atoms with van der Waals surface area (Å²) in [7, 11) is 0. The lowest BCUT2D eigenvalue weighted by Crippen LogP contribution is -2.15. The number of aromatic nitrogens is 1. The maximum absolute atomic E-state index is 13.2. The second kappa shape index (κ2) is 5.32. The molecule has 0 saturated heterocycles. The van der Waals surface area contributed by atoms with Gasteiger partial charge in [0, 0.05) is 16.6 Å². The summed E-state index contributed by atoms with van der Waals surface area (Å²) in [5, 5.41) is 2.78. The molecule has 102 valence electrons. The van der Waals surface area contributed by atoms with Crippen LogP contribution in [-0.4, -0.2) is 10.9 Å². The molecule has 0 bridgehead atoms. The highest BCUT2D eigenvalue weighted by atomic mass is 79.9. The minimum absolute atomic E-state index is 0.0610. The van der Waals surface area contributed by atoms with Gasteiger partial charge in [0.25, 0.3) is 0 Å². The molecule has 1 saturated carbocycles. The van der Waals surface area contributed by atoms with Crippen molar-refractivity contribution in [1.82, 2.24) is 4.98 Å². The summed E-state index contributed by atoms with van der Waals surface area (Å²) < 4.78 is 14.0. The molecule has 1 heterocycles. The number of pyridine rings is 1. The van der Waals surface area contributed by atoms with Crippen molar-refractivity contribution >= 4 is 27.7 Å². The molecule has 5 heteroatoms. The van der Waals surface area contributed by atoms with E-state index in [2.05, 4.69) is 26.2 Å². The SMILES string of the molecule is O=C(Nc1ccc(Br)cn1)[C@@H]1C[C@@H]1c1cccc(F)c1. The molecule has 2 aromatic rings. The van der Waals surface area contributed by atoms with Crippen molar-refractivity contribution in [3.8, 4) is 0 Å². The third kappa shape index (κ3) is 2.88. The van der Waals surface area contributed by atoms with Crippen molar-refractivity contribution in [1.29, 1.82) is 0 Å². The zero-order chi connectivity index (χ0) is 14.1. The molecule has 3 rings (SSSR count). The van der Waals surface area contributed by atoms with Crippen molar-refractivity contribution < 1.29 is 9.18 Å². The van der Waals surface area contributed by atoms with E-state index in [1.165, 1.54) is 12.1 Å². The first kappa shape index (κ1) is 13.2. The van der Waals surface area contributed by atoms with Gasteiger partial charge in [0.2, 0.25) is 5.91 Å². The molecular weight excluding hydrogens is 323 g/mol. The van der Waals surface area contributed by atoms with Gasteiger partial charge in [-0.25, -0.2) is 9.37 Å². The number of benzene rings is 1. The Hall–Kier alpha value is -1.75. The first-order valence-electron chi connectivity index (χ1n) is 6.31. The zero-order valence-electron chi connectivity index (χ0n) is 10.5. The number of hydrogen-bond donors (Lipinski definition) is 1. The second-order valence-corrected chi connectivity index (χ2v) is 5.77. The first-order valence-corrected chi connectivity index (χ1v) is 7.10. The fourth-order valence-corrected chi connectivity index (χ4v) is 2.49. The minimum Gasteiger partial charge on any atom is -0.310 e. The Balaban J connectivity index is 1.64. The summed E-state index contributed by atoms with van der Waals surface area (Å²) in [5.74, 6) is 0.226. The molecule has 1 N–H and O–H groups in total. The van der Waals surface area contributed by atoms with Gasteiger partial charge in [-0.1, -0.05) is 12.1 Å². The van der Waals surface area contributed by atoms with Gasteiger partial charge in [0.05, 0.1) is 0 Å². The Kier molecular flexibility index (Phi) is 3.53. The Bertz CT molecular complexity index is 645. The van der Waals surface area contributed by atoms with Crippen molar-refractivity contribution in [2.75, 3.05) is 5.32 Å². The van der Waals surface area contributed by atoms with E-state index in [0.717, 1.165) is 16.5 Å². The molecule has 3 nitrogen and oxygen atoms in total. The van der Waals surface area contributed by atoms with Crippen LogP contribution in [0.2, 0.25) is 0 Å². The molecule has 1 aromatic heterocycles. The number of carbonyl (C=O) groups excluding carboxylic acids is 1. The Morgan fingerprint density at radius 2 is 2.20 bits per heavy atom. The van der Waals surface area contributed by atoms with Gasteiger partial charge in [-0.15, -0.1) is 0 Å². The number of carbonyl (C=O) groups is 1. The van der Waals surface area contributed by atoms with Crippen LogP contribution in [-0.2, 0) is 4.79 Å². The highest BCUT2D eigenvalue weighted by Crippen LogP contribution is 2.48. The smallest absolute Gasteiger partial charge is 0.229 e. The highest BCUT2D eigenvalue weighted by molar-refractivity contribution is 9.10. The minimum atomic E-state index is -0.261. The van der Waals surface area contributed by atoms with Gasteiger partial charge in [0.1, 0.15) is 11.6 Å². The molecule has 1 aromatic carbocycles. The second-order valence-electron chi connectivity index (χ2n) is 4.85. The average Bonchev–Trinajstić information content (AvgIpc) is 3.22. The Morgan fingerprint density at radius 1 is 1.35 bits per heavy atom. The lowest BCUT2D eigenvalue weighted by molar-refractivity contribution is -0.117. The normalized spacial score (nSPS) is 20.5. The molecular formula is C15H12BrFN2O. The van der Waals surface area contributed by atoms with Crippen LogP contribution in [0.4, 0.5) is 10.2 Å². The summed E-state index contributed by atoms with van der Waals surface area (Å²) in [4.78, 5) is 16.2. The number of amides is 1. The molecule has 1 amide bonds. The number of anilines is 1. The van der Waals surface area contributed by atoms with E-state index in [9.17, 15) is 9.18 Å². The van der Waals surface area contributed by atoms with Crippen LogP contribution >= 0.6 is 15.9 Å². The molecule has 2 atom stereocenters. The van der Waals surface area contributed by atoms with Crippen molar-refractivity contribution in [2.45, 2.75) is 12.3 Å². The van der Waals surface area contributed by atoms with E-state index >= 15 is 0 Å². The maximum Gasteiger partial charge on any atom is 0.229 e. The fourth-order valence-electron chi connectivity index (χ4n) is 2.26. The van der Waals surface area contributed by atoms with Gasteiger partial charge < -0.3 is 5.32 Å². The lowest BCUT2D eigenvalue weighted by Gasteiger charge is -2.04. The molecule has 0 spiro atoms. The number of halogens is 2. The van der Waals surface area contributed by atoms with E-state index in [4.69, 9.17) is 0 Å². The molecule has 1 aliphatic rings. The third-order valence-electron chi connectivity index (χ3n) is 3.38.